The van der Waals surface area contributed by atoms with E-state index in [0.29, 0.717) is 22.9 Å². The first-order chi connectivity index (χ1) is 17.2. The predicted octanol–water partition coefficient (Wildman–Crippen LogP) is 7.28. The molecule has 2 saturated heterocycles. The molecule has 0 spiro atoms. The molecule has 4 fully saturated rings. The van der Waals surface area contributed by atoms with E-state index in [4.69, 9.17) is 16.3 Å². The Bertz CT molecular complexity index is 1380. The number of ether oxygens (including phenoxy) is 1. The van der Waals surface area contributed by atoms with Crippen LogP contribution in [0.2, 0.25) is 5.02 Å². The van der Waals surface area contributed by atoms with Gasteiger partial charge in [0.1, 0.15) is 23.1 Å². The van der Waals surface area contributed by atoms with Gasteiger partial charge < -0.3 is 15.0 Å². The second kappa shape index (κ2) is 8.20. The van der Waals surface area contributed by atoms with Gasteiger partial charge in [-0.3, -0.25) is 4.79 Å². The highest BCUT2D eigenvalue weighted by molar-refractivity contribution is 6.31. The number of Topliss-reactive ketones (excluding diaryl/α,β-unsaturated/α-hetero) is 1. The molecule has 7 heteroatoms. The van der Waals surface area contributed by atoms with Crippen molar-refractivity contribution < 1.29 is 23.0 Å². The highest BCUT2D eigenvalue weighted by Gasteiger charge is 2.82. The molecule has 4 aliphatic rings. The number of nitrogens with zero attached hydrogens (tertiary/aromatic N) is 2. The summed E-state index contributed by atoms with van der Waals surface area (Å²) >= 11 is 6.39. The summed E-state index contributed by atoms with van der Waals surface area (Å²) in [6, 6.07) is 17.4. The van der Waals surface area contributed by atoms with Gasteiger partial charge in [-0.05, 0) is 66.1 Å². The first-order valence-electron chi connectivity index (χ1n) is 12.2. The minimum absolute atomic E-state index is 0.0153. The maximum absolute atomic E-state index is 13.7. The van der Waals surface area contributed by atoms with Crippen molar-refractivity contribution in [3.8, 4) is 11.5 Å². The third-order valence-electron chi connectivity index (χ3n) is 8.85. The molecule has 3 aromatic rings. The number of carbonyl (C=O) groups excluding carboxylic acids is 1. The first kappa shape index (κ1) is 23.3. The Morgan fingerprint density at radius 2 is 1.67 bits per heavy atom. The molecule has 4 nitrogen and oxygen atoms in total. The van der Waals surface area contributed by atoms with Crippen LogP contribution in [0.1, 0.15) is 43.2 Å². The average molecular weight is 507 g/mol. The summed E-state index contributed by atoms with van der Waals surface area (Å²) in [6.45, 7) is 2.02. The van der Waals surface area contributed by atoms with Crippen LogP contribution in [0, 0.1) is 23.5 Å². The Morgan fingerprint density at radius 1 is 1.03 bits per heavy atom. The fourth-order valence-electron chi connectivity index (χ4n) is 7.20. The number of hydrogen-bond donors (Lipinski definition) is 0. The lowest BCUT2D eigenvalue weighted by atomic mass is 9.72. The van der Waals surface area contributed by atoms with Gasteiger partial charge in [0, 0.05) is 42.0 Å². The smallest absolute Gasteiger partial charge is 0.214 e. The van der Waals surface area contributed by atoms with Crippen molar-refractivity contribution in [2.24, 2.45) is 11.8 Å². The van der Waals surface area contributed by atoms with Gasteiger partial charge >= 0.3 is 0 Å². The molecule has 0 N–H and O–H groups in total. The SMILES string of the molecule is CC(c1ccc(F)cc1Cl)C12CC3CC1CC3(C(=O)Cc1ccc(Oc3ccc(F)cc3)cc1)[N+]2=[N-]. The zero-order valence-electron chi connectivity index (χ0n) is 19.8. The zero-order chi connectivity index (χ0) is 25.2. The van der Waals surface area contributed by atoms with E-state index in [-0.39, 0.29) is 35.8 Å². The number of ketones is 1. The average Bonchev–Trinajstić information content (AvgIpc) is 3.55. The number of piperidine rings is 1. The molecular weight excluding hydrogens is 482 g/mol. The van der Waals surface area contributed by atoms with Gasteiger partial charge in [0.25, 0.3) is 0 Å². The number of halogens is 3. The van der Waals surface area contributed by atoms with Crippen molar-refractivity contribution in [1.29, 1.82) is 0 Å². The van der Waals surface area contributed by atoms with Crippen molar-refractivity contribution in [3.05, 3.63) is 100 Å². The first-order valence-corrected chi connectivity index (χ1v) is 12.6. The summed E-state index contributed by atoms with van der Waals surface area (Å²) in [7, 11) is 0. The van der Waals surface area contributed by atoms with Gasteiger partial charge in [-0.1, -0.05) is 36.7 Å². The Kier molecular flexibility index (Phi) is 5.31. The van der Waals surface area contributed by atoms with Crippen LogP contribution in [0.15, 0.2) is 66.7 Å². The minimum Gasteiger partial charge on any atom is -0.505 e. The highest BCUT2D eigenvalue weighted by atomic mass is 35.5. The topological polar surface area (TPSA) is 51.6 Å². The van der Waals surface area contributed by atoms with E-state index in [9.17, 15) is 19.1 Å². The normalized spacial score (nSPS) is 28.6. The molecule has 5 atom stereocenters. The third kappa shape index (κ3) is 3.27. The van der Waals surface area contributed by atoms with E-state index in [1.807, 2.05) is 19.1 Å². The lowest BCUT2D eigenvalue weighted by molar-refractivity contribution is -0.650. The van der Waals surface area contributed by atoms with Gasteiger partial charge in [0.05, 0.1) is 0 Å². The molecule has 36 heavy (non-hydrogen) atoms. The number of carbonyl (C=O) groups is 1. The molecule has 7 rings (SSSR count). The zero-order valence-corrected chi connectivity index (χ0v) is 20.5. The maximum atomic E-state index is 13.7. The van der Waals surface area contributed by atoms with Crippen molar-refractivity contribution in [2.45, 2.75) is 49.6 Å². The van der Waals surface area contributed by atoms with Gasteiger partial charge in [0.15, 0.2) is 5.54 Å². The fourth-order valence-corrected chi connectivity index (χ4v) is 7.53. The molecule has 2 aliphatic carbocycles. The third-order valence-corrected chi connectivity index (χ3v) is 9.18. The van der Waals surface area contributed by atoms with E-state index >= 15 is 0 Å². The lowest BCUT2D eigenvalue weighted by Crippen LogP contribution is -2.50. The van der Waals surface area contributed by atoms with Crippen LogP contribution in [0.4, 0.5) is 8.78 Å². The van der Waals surface area contributed by atoms with Crippen LogP contribution in [0.5, 0.6) is 11.5 Å². The molecule has 184 valence electrons. The van der Waals surface area contributed by atoms with E-state index in [1.54, 1.807) is 30.3 Å². The quantitative estimate of drug-likeness (QED) is 0.316. The summed E-state index contributed by atoms with van der Waals surface area (Å²) < 4.78 is 33.9. The molecule has 4 bridgehead atoms. The Hall–Kier alpha value is -3.12. The van der Waals surface area contributed by atoms with E-state index in [0.717, 1.165) is 24.0 Å². The van der Waals surface area contributed by atoms with Crippen LogP contribution in [0.3, 0.4) is 0 Å². The van der Waals surface area contributed by atoms with Crippen molar-refractivity contribution in [1.82, 2.24) is 0 Å². The van der Waals surface area contributed by atoms with E-state index in [1.165, 1.54) is 29.0 Å². The van der Waals surface area contributed by atoms with Gasteiger partial charge in [-0.25, -0.2) is 8.78 Å². The summed E-state index contributed by atoms with van der Waals surface area (Å²) in [5.41, 5.74) is 11.7. The van der Waals surface area contributed by atoms with Crippen LogP contribution in [-0.2, 0) is 11.2 Å². The second-order valence-electron chi connectivity index (χ2n) is 10.5. The second-order valence-corrected chi connectivity index (χ2v) is 10.9. The van der Waals surface area contributed by atoms with Crippen molar-refractivity contribution >= 4 is 17.4 Å². The van der Waals surface area contributed by atoms with Crippen LogP contribution < -0.4 is 4.74 Å². The van der Waals surface area contributed by atoms with Crippen LogP contribution in [-0.4, -0.2) is 21.6 Å². The van der Waals surface area contributed by atoms with Gasteiger partial charge in [0.2, 0.25) is 11.3 Å². The number of hydrogen-bond acceptors (Lipinski definition) is 2. The molecular formula is C29H25ClF2N2O2. The molecule has 3 aromatic carbocycles. The predicted molar refractivity (Wildman–Crippen MR) is 131 cm³/mol. The van der Waals surface area contributed by atoms with Gasteiger partial charge in [-0.15, -0.1) is 0 Å². The summed E-state index contributed by atoms with van der Waals surface area (Å²) in [5, 5.41) is 0.348. The fraction of sp³-hybridized carbons (Fsp3) is 0.345. The molecule has 5 unspecified atom stereocenters. The molecule has 0 aromatic heterocycles. The molecule has 0 radical (unpaired) electrons. The molecule has 2 aliphatic heterocycles. The van der Waals surface area contributed by atoms with Gasteiger partial charge in [-0.2, -0.15) is 0 Å². The Labute approximate surface area is 213 Å². The standard InChI is InChI=1S/C29H25ClF2N2O2/c1-17(25-11-6-22(32)14-26(25)30)28-15-20-13-19(28)16-29(20,34(28)33)27(35)12-18-2-7-23(8-3-18)36-24-9-4-21(31)5-10-24/h2-11,14,17,19-20H,12-13,15-16H2,1H3. The summed E-state index contributed by atoms with van der Waals surface area (Å²) in [5.74, 6) is 0.527. The van der Waals surface area contributed by atoms with E-state index in [2.05, 4.69) is 0 Å². The molecule has 2 heterocycles. The van der Waals surface area contributed by atoms with Crippen LogP contribution >= 0.6 is 11.6 Å². The van der Waals surface area contributed by atoms with Crippen molar-refractivity contribution in [2.75, 3.05) is 0 Å². The highest BCUT2D eigenvalue weighted by Crippen LogP contribution is 2.70. The largest absolute Gasteiger partial charge is 0.505 e. The van der Waals surface area contributed by atoms with Crippen LogP contribution in [0.25, 0.3) is 5.53 Å². The van der Waals surface area contributed by atoms with Crippen molar-refractivity contribution in [3.63, 3.8) is 0 Å². The maximum Gasteiger partial charge on any atom is 0.214 e. The summed E-state index contributed by atoms with van der Waals surface area (Å²) in [4.78, 5) is 13.7. The monoisotopic (exact) mass is 506 g/mol. The molecule has 2 saturated carbocycles. The number of benzene rings is 3. The number of rotatable bonds is 7. The summed E-state index contributed by atoms with van der Waals surface area (Å²) in [6.07, 6.45) is 2.45. The van der Waals surface area contributed by atoms with E-state index < -0.39 is 16.9 Å². The Balaban J connectivity index is 1.20. The Morgan fingerprint density at radius 3 is 2.28 bits per heavy atom. The molecule has 0 amide bonds. The minimum atomic E-state index is -0.894. The lowest BCUT2D eigenvalue weighted by Gasteiger charge is -2.35.